The molecule has 0 radical (unpaired) electrons. The maximum atomic E-state index is 12.7. The second-order valence-corrected chi connectivity index (χ2v) is 6.58. The Morgan fingerprint density at radius 2 is 1.62 bits per heavy atom. The summed E-state index contributed by atoms with van der Waals surface area (Å²) >= 11 is 0. The zero-order valence-electron chi connectivity index (χ0n) is 16.2. The summed E-state index contributed by atoms with van der Waals surface area (Å²) in [6.07, 6.45) is 0. The molecule has 1 fully saturated rings. The average Bonchev–Trinajstić information content (AvgIpc) is 2.92. The molecular weight excluding hydrogens is 376 g/mol. The normalized spacial score (nSPS) is 16.2. The van der Waals surface area contributed by atoms with E-state index in [9.17, 15) is 19.2 Å². The van der Waals surface area contributed by atoms with Gasteiger partial charge >= 0.3 is 18.0 Å². The quantitative estimate of drug-likeness (QED) is 0.438. The van der Waals surface area contributed by atoms with Crippen molar-refractivity contribution in [2.24, 2.45) is 0 Å². The molecule has 1 saturated heterocycles. The molecule has 0 unspecified atom stereocenters. The van der Waals surface area contributed by atoms with E-state index >= 15 is 0 Å². The third-order valence-electron chi connectivity index (χ3n) is 4.55. The van der Waals surface area contributed by atoms with Gasteiger partial charge in [0, 0.05) is 5.69 Å². The first kappa shape index (κ1) is 20.1. The van der Waals surface area contributed by atoms with Crippen LogP contribution in [0.15, 0.2) is 48.5 Å². The largest absolute Gasteiger partial charge is 0.465 e. The van der Waals surface area contributed by atoms with Crippen LogP contribution in [0.5, 0.6) is 5.75 Å². The predicted octanol–water partition coefficient (Wildman–Crippen LogP) is 2.54. The van der Waals surface area contributed by atoms with Crippen LogP contribution in [-0.4, -0.2) is 48.5 Å². The van der Waals surface area contributed by atoms with E-state index in [-0.39, 0.29) is 5.75 Å². The van der Waals surface area contributed by atoms with Gasteiger partial charge in [0.25, 0.3) is 5.91 Å². The molecule has 3 rings (SSSR count). The molecule has 0 bridgehead atoms. The van der Waals surface area contributed by atoms with Gasteiger partial charge in [0.1, 0.15) is 18.3 Å². The molecular formula is C21H20N2O6. The summed E-state index contributed by atoms with van der Waals surface area (Å²) in [6.45, 7) is 3.02. The molecule has 1 aliphatic rings. The Kier molecular flexibility index (Phi) is 5.63. The minimum Gasteiger partial charge on any atom is -0.465 e. The van der Waals surface area contributed by atoms with E-state index in [4.69, 9.17) is 4.74 Å². The number of urea groups is 1. The lowest BCUT2D eigenvalue weighted by Crippen LogP contribution is -2.38. The molecule has 0 aliphatic carbocycles. The Labute approximate surface area is 167 Å². The highest BCUT2D eigenvalue weighted by Crippen LogP contribution is 2.26. The molecule has 8 heteroatoms. The molecule has 0 aromatic heterocycles. The van der Waals surface area contributed by atoms with Crippen LogP contribution in [0.4, 0.5) is 10.5 Å². The molecule has 29 heavy (non-hydrogen) atoms. The van der Waals surface area contributed by atoms with Crippen molar-refractivity contribution in [3.8, 4) is 5.75 Å². The van der Waals surface area contributed by atoms with Crippen LogP contribution in [0.3, 0.4) is 0 Å². The Morgan fingerprint density at radius 3 is 2.21 bits per heavy atom. The summed E-state index contributed by atoms with van der Waals surface area (Å²) < 4.78 is 9.78. The summed E-state index contributed by atoms with van der Waals surface area (Å²) in [5.41, 5.74) is 1.91. The highest BCUT2D eigenvalue weighted by atomic mass is 16.5. The SMILES string of the molecule is COC(=O)c1ccc(OC(=O)CN2C(=O)[C@@H](C)N(c3ccc(C)cc3)C2=O)cc1. The van der Waals surface area contributed by atoms with E-state index in [1.807, 2.05) is 19.1 Å². The van der Waals surface area contributed by atoms with Crippen LogP contribution >= 0.6 is 0 Å². The third-order valence-corrected chi connectivity index (χ3v) is 4.55. The smallest absolute Gasteiger partial charge is 0.337 e. The molecule has 150 valence electrons. The molecule has 2 aromatic carbocycles. The summed E-state index contributed by atoms with van der Waals surface area (Å²) in [5, 5.41) is 0. The molecule has 8 nitrogen and oxygen atoms in total. The van der Waals surface area contributed by atoms with E-state index in [1.54, 1.807) is 19.1 Å². The minimum atomic E-state index is -0.768. The molecule has 1 heterocycles. The van der Waals surface area contributed by atoms with Crippen molar-refractivity contribution in [3.05, 3.63) is 59.7 Å². The number of carbonyl (C=O) groups excluding carboxylic acids is 4. The monoisotopic (exact) mass is 396 g/mol. The molecule has 1 atom stereocenters. The van der Waals surface area contributed by atoms with Gasteiger partial charge in [-0.3, -0.25) is 14.6 Å². The van der Waals surface area contributed by atoms with Crippen LogP contribution < -0.4 is 9.64 Å². The Bertz CT molecular complexity index is 952. The molecule has 0 spiro atoms. The molecule has 0 N–H and O–H groups in total. The first-order valence-electron chi connectivity index (χ1n) is 8.92. The number of hydrogen-bond donors (Lipinski definition) is 0. The number of carbonyl (C=O) groups is 4. The van der Waals surface area contributed by atoms with E-state index in [0.717, 1.165) is 10.5 Å². The number of benzene rings is 2. The van der Waals surface area contributed by atoms with Crippen LogP contribution in [0.25, 0.3) is 0 Å². The number of ether oxygens (including phenoxy) is 2. The number of imide groups is 1. The Hall–Kier alpha value is -3.68. The van der Waals surface area contributed by atoms with Gasteiger partial charge in [-0.15, -0.1) is 0 Å². The van der Waals surface area contributed by atoms with Crippen molar-refractivity contribution >= 4 is 29.6 Å². The van der Waals surface area contributed by atoms with Gasteiger partial charge in [-0.25, -0.2) is 14.4 Å². The fourth-order valence-electron chi connectivity index (χ4n) is 2.98. The number of hydrogen-bond acceptors (Lipinski definition) is 6. The van der Waals surface area contributed by atoms with Crippen LogP contribution in [0.2, 0.25) is 0 Å². The minimum absolute atomic E-state index is 0.185. The topological polar surface area (TPSA) is 93.2 Å². The second-order valence-electron chi connectivity index (χ2n) is 6.58. The van der Waals surface area contributed by atoms with Crippen molar-refractivity contribution in [2.75, 3.05) is 18.6 Å². The van der Waals surface area contributed by atoms with Crippen molar-refractivity contribution < 1.29 is 28.7 Å². The second kappa shape index (κ2) is 8.14. The maximum absolute atomic E-state index is 12.7. The number of nitrogens with zero attached hydrogens (tertiary/aromatic N) is 2. The highest BCUT2D eigenvalue weighted by molar-refractivity contribution is 6.15. The lowest BCUT2D eigenvalue weighted by atomic mass is 10.2. The van der Waals surface area contributed by atoms with Gasteiger partial charge in [0.15, 0.2) is 0 Å². The van der Waals surface area contributed by atoms with Gasteiger partial charge in [-0.1, -0.05) is 17.7 Å². The fourth-order valence-corrected chi connectivity index (χ4v) is 2.98. The lowest BCUT2D eigenvalue weighted by Gasteiger charge is -2.19. The van der Waals surface area contributed by atoms with E-state index in [0.29, 0.717) is 11.3 Å². The van der Waals surface area contributed by atoms with Gasteiger partial charge in [0.2, 0.25) is 0 Å². The Morgan fingerprint density at radius 1 is 1.00 bits per heavy atom. The molecule has 3 amide bonds. The van der Waals surface area contributed by atoms with Crippen molar-refractivity contribution in [2.45, 2.75) is 19.9 Å². The highest BCUT2D eigenvalue weighted by Gasteiger charge is 2.44. The van der Waals surface area contributed by atoms with Gasteiger partial charge in [0.05, 0.1) is 12.7 Å². The lowest BCUT2D eigenvalue weighted by molar-refractivity contribution is -0.139. The summed E-state index contributed by atoms with van der Waals surface area (Å²) in [7, 11) is 1.27. The summed E-state index contributed by atoms with van der Waals surface area (Å²) in [5.74, 6) is -1.57. The average molecular weight is 396 g/mol. The zero-order chi connectivity index (χ0) is 21.1. The third kappa shape index (κ3) is 4.11. The molecule has 1 aliphatic heterocycles. The summed E-state index contributed by atoms with van der Waals surface area (Å²) in [4.78, 5) is 51.1. The predicted molar refractivity (Wildman–Crippen MR) is 104 cm³/mol. The van der Waals surface area contributed by atoms with Crippen molar-refractivity contribution in [1.29, 1.82) is 0 Å². The number of rotatable bonds is 5. The van der Waals surface area contributed by atoms with Gasteiger partial charge in [-0.05, 0) is 50.2 Å². The number of aryl methyl sites for hydroxylation is 1. The molecule has 2 aromatic rings. The fraction of sp³-hybridized carbons (Fsp3) is 0.238. The maximum Gasteiger partial charge on any atom is 0.337 e. The van der Waals surface area contributed by atoms with E-state index in [2.05, 4.69) is 4.74 Å². The van der Waals surface area contributed by atoms with Crippen molar-refractivity contribution in [3.63, 3.8) is 0 Å². The van der Waals surface area contributed by atoms with Crippen LogP contribution in [0.1, 0.15) is 22.8 Å². The number of methoxy groups -OCH3 is 1. The first-order valence-corrected chi connectivity index (χ1v) is 8.92. The van der Waals surface area contributed by atoms with Crippen molar-refractivity contribution in [1.82, 2.24) is 4.90 Å². The van der Waals surface area contributed by atoms with Crippen LogP contribution in [0, 0.1) is 6.92 Å². The standard InChI is InChI=1S/C21H20N2O6/c1-13-4-8-16(9-5-13)23-14(2)19(25)22(21(23)27)12-18(24)29-17-10-6-15(7-11-17)20(26)28-3/h4-11,14H,12H2,1-3H3/t14-/m1/s1. The Balaban J connectivity index is 1.68. The van der Waals surface area contributed by atoms with Gasteiger partial charge < -0.3 is 9.47 Å². The first-order chi connectivity index (χ1) is 13.8. The number of esters is 2. The zero-order valence-corrected chi connectivity index (χ0v) is 16.2. The van der Waals surface area contributed by atoms with E-state index in [1.165, 1.54) is 36.3 Å². The van der Waals surface area contributed by atoms with Crippen LogP contribution in [-0.2, 0) is 14.3 Å². The number of amides is 3. The van der Waals surface area contributed by atoms with Gasteiger partial charge in [-0.2, -0.15) is 0 Å². The summed E-state index contributed by atoms with van der Waals surface area (Å²) in [6, 6.07) is 11.6. The number of anilines is 1. The molecule has 0 saturated carbocycles. The van der Waals surface area contributed by atoms with E-state index < -0.39 is 36.5 Å².